The van der Waals surface area contributed by atoms with Crippen LogP contribution in [0.25, 0.3) is 11.3 Å². The third kappa shape index (κ3) is 3.68. The Hall–Kier alpha value is -2.14. The summed E-state index contributed by atoms with van der Waals surface area (Å²) in [6.07, 6.45) is 3.92. The summed E-state index contributed by atoms with van der Waals surface area (Å²) >= 11 is 0. The number of aromatic nitrogens is 1. The molecule has 1 saturated heterocycles. The molecule has 1 aromatic carbocycles. The maximum atomic E-state index is 12.8. The normalized spacial score (nSPS) is 20.8. The van der Waals surface area contributed by atoms with Gasteiger partial charge in [-0.25, -0.2) is 0 Å². The van der Waals surface area contributed by atoms with Gasteiger partial charge in [-0.2, -0.15) is 0 Å². The van der Waals surface area contributed by atoms with Crippen LogP contribution < -0.4 is 0 Å². The van der Waals surface area contributed by atoms with Crippen LogP contribution in [0.1, 0.15) is 37.5 Å². The van der Waals surface area contributed by atoms with Crippen LogP contribution in [0.3, 0.4) is 0 Å². The zero-order chi connectivity index (χ0) is 17.9. The van der Waals surface area contributed by atoms with E-state index >= 15 is 0 Å². The van der Waals surface area contributed by atoms with Crippen molar-refractivity contribution in [3.8, 4) is 11.3 Å². The number of nitrogens with zero attached hydrogens (tertiary/aromatic N) is 3. The lowest BCUT2D eigenvalue weighted by Crippen LogP contribution is -2.40. The highest BCUT2D eigenvalue weighted by Crippen LogP contribution is 2.30. The van der Waals surface area contributed by atoms with Crippen LogP contribution >= 0.6 is 0 Å². The van der Waals surface area contributed by atoms with Crippen LogP contribution in [-0.2, 0) is 17.8 Å². The van der Waals surface area contributed by atoms with E-state index in [0.717, 1.165) is 61.1 Å². The van der Waals surface area contributed by atoms with E-state index < -0.39 is 0 Å². The quantitative estimate of drug-likeness (QED) is 0.846. The highest BCUT2D eigenvalue weighted by atomic mass is 16.5. The Morgan fingerprint density at radius 3 is 2.92 bits per heavy atom. The zero-order valence-corrected chi connectivity index (χ0v) is 15.5. The molecule has 3 heterocycles. The topological polar surface area (TPSA) is 49.6 Å². The first-order valence-electron chi connectivity index (χ1n) is 9.73. The van der Waals surface area contributed by atoms with Crippen LogP contribution in [0.2, 0.25) is 0 Å². The van der Waals surface area contributed by atoms with Gasteiger partial charge in [-0.1, -0.05) is 42.4 Å². The standard InChI is InChI=1S/C21H27N3O2/c1-16-6-5-11-23(14-16)12-10-20(25)24-13-9-19-18(15-24)21(22-26-19)17-7-3-2-4-8-17/h2-4,7-8,16H,5-6,9-15H2,1H3/t16-/m1/s1. The molecule has 5 nitrogen and oxygen atoms in total. The van der Waals surface area contributed by atoms with Crippen molar-refractivity contribution in [3.63, 3.8) is 0 Å². The third-order valence-electron chi connectivity index (χ3n) is 5.61. The first-order chi connectivity index (χ1) is 12.7. The van der Waals surface area contributed by atoms with Gasteiger partial charge in [0.05, 0.1) is 6.54 Å². The summed E-state index contributed by atoms with van der Waals surface area (Å²) in [6.45, 7) is 6.77. The summed E-state index contributed by atoms with van der Waals surface area (Å²) in [5, 5.41) is 4.27. The van der Waals surface area contributed by atoms with Gasteiger partial charge in [0.15, 0.2) is 0 Å². The molecular formula is C21H27N3O2. The molecule has 0 aliphatic carbocycles. The Kier molecular flexibility index (Phi) is 5.07. The molecule has 2 aromatic rings. The van der Waals surface area contributed by atoms with Gasteiger partial charge in [0.25, 0.3) is 0 Å². The van der Waals surface area contributed by atoms with Crippen LogP contribution in [0.4, 0.5) is 0 Å². The predicted octanol–water partition coefficient (Wildman–Crippen LogP) is 3.35. The number of likely N-dealkylation sites (tertiary alicyclic amines) is 1. The summed E-state index contributed by atoms with van der Waals surface area (Å²) in [6, 6.07) is 10.1. The summed E-state index contributed by atoms with van der Waals surface area (Å²) in [4.78, 5) is 17.2. The first kappa shape index (κ1) is 17.3. The second-order valence-corrected chi connectivity index (χ2v) is 7.66. The van der Waals surface area contributed by atoms with Gasteiger partial charge in [-0.3, -0.25) is 4.79 Å². The van der Waals surface area contributed by atoms with Crippen molar-refractivity contribution in [1.29, 1.82) is 0 Å². The number of hydrogen-bond acceptors (Lipinski definition) is 4. The van der Waals surface area contributed by atoms with Gasteiger partial charge in [0, 0.05) is 43.6 Å². The van der Waals surface area contributed by atoms with E-state index in [-0.39, 0.29) is 5.91 Å². The Bertz CT molecular complexity index is 756. The monoisotopic (exact) mass is 353 g/mol. The van der Waals surface area contributed by atoms with Gasteiger partial charge >= 0.3 is 0 Å². The van der Waals surface area contributed by atoms with E-state index in [1.807, 2.05) is 35.2 Å². The SMILES string of the molecule is C[C@@H]1CCCN(CCC(=O)N2CCc3onc(-c4ccccc4)c3C2)C1. The molecule has 0 bridgehead atoms. The Labute approximate surface area is 155 Å². The van der Waals surface area contributed by atoms with Gasteiger partial charge in [-0.05, 0) is 25.3 Å². The van der Waals surface area contributed by atoms with Gasteiger partial charge in [0.2, 0.25) is 5.91 Å². The number of hydrogen-bond donors (Lipinski definition) is 0. The predicted molar refractivity (Wildman–Crippen MR) is 101 cm³/mol. The number of carbonyl (C=O) groups is 1. The minimum Gasteiger partial charge on any atom is -0.360 e. The number of rotatable bonds is 4. The molecular weight excluding hydrogens is 326 g/mol. The van der Waals surface area contributed by atoms with Gasteiger partial charge in [0.1, 0.15) is 11.5 Å². The summed E-state index contributed by atoms with van der Waals surface area (Å²) in [7, 11) is 0. The van der Waals surface area contributed by atoms with E-state index in [9.17, 15) is 4.79 Å². The summed E-state index contributed by atoms with van der Waals surface area (Å²) < 4.78 is 5.54. The number of amides is 1. The molecule has 0 N–H and O–H groups in total. The van der Waals surface area contributed by atoms with Crippen LogP contribution in [0.5, 0.6) is 0 Å². The second-order valence-electron chi connectivity index (χ2n) is 7.66. The van der Waals surface area contributed by atoms with E-state index in [2.05, 4.69) is 17.0 Å². The molecule has 2 aliphatic heterocycles. The van der Waals surface area contributed by atoms with Crippen molar-refractivity contribution in [2.24, 2.45) is 5.92 Å². The lowest BCUT2D eigenvalue weighted by atomic mass is 10.00. The fourth-order valence-electron chi connectivity index (χ4n) is 4.15. The molecule has 0 spiro atoms. The molecule has 4 rings (SSSR count). The maximum Gasteiger partial charge on any atom is 0.224 e. The average molecular weight is 353 g/mol. The van der Waals surface area contributed by atoms with E-state index in [1.165, 1.54) is 12.8 Å². The summed E-state index contributed by atoms with van der Waals surface area (Å²) in [5.41, 5.74) is 3.00. The molecule has 26 heavy (non-hydrogen) atoms. The first-order valence-corrected chi connectivity index (χ1v) is 9.73. The van der Waals surface area contributed by atoms with Crippen molar-refractivity contribution in [3.05, 3.63) is 41.7 Å². The van der Waals surface area contributed by atoms with E-state index in [0.29, 0.717) is 13.0 Å². The molecule has 1 atom stereocenters. The molecule has 1 aromatic heterocycles. The van der Waals surface area contributed by atoms with Gasteiger partial charge < -0.3 is 14.3 Å². The smallest absolute Gasteiger partial charge is 0.224 e. The zero-order valence-electron chi connectivity index (χ0n) is 15.5. The fraction of sp³-hybridized carbons (Fsp3) is 0.524. The van der Waals surface area contributed by atoms with Crippen molar-refractivity contribution >= 4 is 5.91 Å². The Morgan fingerprint density at radius 1 is 1.27 bits per heavy atom. The minimum absolute atomic E-state index is 0.245. The van der Waals surface area contributed by atoms with Gasteiger partial charge in [-0.15, -0.1) is 0 Å². The number of fused-ring (bicyclic) bond motifs is 1. The fourth-order valence-corrected chi connectivity index (χ4v) is 4.15. The van der Waals surface area contributed by atoms with E-state index in [1.54, 1.807) is 0 Å². The van der Waals surface area contributed by atoms with Crippen LogP contribution in [0.15, 0.2) is 34.9 Å². The van der Waals surface area contributed by atoms with Crippen molar-refractivity contribution in [2.75, 3.05) is 26.2 Å². The highest BCUT2D eigenvalue weighted by Gasteiger charge is 2.27. The average Bonchev–Trinajstić information content (AvgIpc) is 3.10. The Balaban J connectivity index is 1.40. The van der Waals surface area contributed by atoms with Crippen LogP contribution in [0, 0.1) is 5.92 Å². The van der Waals surface area contributed by atoms with Crippen molar-refractivity contribution < 1.29 is 9.32 Å². The molecule has 0 unspecified atom stereocenters. The molecule has 1 amide bonds. The molecule has 2 aliphatic rings. The number of benzene rings is 1. The molecule has 5 heteroatoms. The molecule has 0 radical (unpaired) electrons. The number of piperidine rings is 1. The molecule has 1 fully saturated rings. The van der Waals surface area contributed by atoms with E-state index in [4.69, 9.17) is 4.52 Å². The van der Waals surface area contributed by atoms with Crippen molar-refractivity contribution in [1.82, 2.24) is 15.0 Å². The lowest BCUT2D eigenvalue weighted by Gasteiger charge is -2.32. The third-order valence-corrected chi connectivity index (χ3v) is 5.61. The minimum atomic E-state index is 0.245. The molecule has 0 saturated carbocycles. The van der Waals surface area contributed by atoms with Crippen LogP contribution in [-0.4, -0.2) is 47.0 Å². The number of carbonyl (C=O) groups excluding carboxylic acids is 1. The second kappa shape index (κ2) is 7.62. The summed E-state index contributed by atoms with van der Waals surface area (Å²) in [5.74, 6) is 1.92. The lowest BCUT2D eigenvalue weighted by molar-refractivity contribution is -0.132. The highest BCUT2D eigenvalue weighted by molar-refractivity contribution is 5.77. The Morgan fingerprint density at radius 2 is 2.12 bits per heavy atom. The largest absolute Gasteiger partial charge is 0.360 e. The van der Waals surface area contributed by atoms with Crippen molar-refractivity contribution in [2.45, 2.75) is 39.2 Å². The molecule has 138 valence electrons. The maximum absolute atomic E-state index is 12.8.